The molecule has 0 radical (unpaired) electrons. The molecule has 0 bridgehead atoms. The van der Waals surface area contributed by atoms with E-state index in [0.717, 1.165) is 28.6 Å². The van der Waals surface area contributed by atoms with Crippen LogP contribution in [0.5, 0.6) is 11.5 Å². The van der Waals surface area contributed by atoms with Crippen molar-refractivity contribution < 1.29 is 9.47 Å². The summed E-state index contributed by atoms with van der Waals surface area (Å²) in [7, 11) is 0. The summed E-state index contributed by atoms with van der Waals surface area (Å²) in [4.78, 5) is 8.73. The van der Waals surface area contributed by atoms with Gasteiger partial charge in [-0.3, -0.25) is 0 Å². The summed E-state index contributed by atoms with van der Waals surface area (Å²) >= 11 is 0. The van der Waals surface area contributed by atoms with E-state index in [-0.39, 0.29) is 12.7 Å². The number of rotatable bonds is 2. The number of ether oxygens (including phenoxy) is 2. The molecular formula is C15H14N4O2. The van der Waals surface area contributed by atoms with Crippen molar-refractivity contribution in [2.45, 2.75) is 19.8 Å². The van der Waals surface area contributed by atoms with Crippen LogP contribution in [-0.4, -0.2) is 26.4 Å². The van der Waals surface area contributed by atoms with Crippen LogP contribution < -0.4 is 9.47 Å². The first-order valence-electron chi connectivity index (χ1n) is 6.84. The van der Waals surface area contributed by atoms with Crippen LogP contribution in [0, 0.1) is 0 Å². The number of hydrogen-bond acceptors (Lipinski definition) is 5. The van der Waals surface area contributed by atoms with Crippen LogP contribution in [0.25, 0.3) is 17.0 Å². The molecule has 1 aliphatic heterocycles. The summed E-state index contributed by atoms with van der Waals surface area (Å²) in [6.45, 7) is 4.40. The predicted molar refractivity (Wildman–Crippen MR) is 76.4 cm³/mol. The molecule has 1 aromatic carbocycles. The summed E-state index contributed by atoms with van der Waals surface area (Å²) in [6, 6.07) is 7.76. The van der Waals surface area contributed by atoms with Gasteiger partial charge in [-0.2, -0.15) is 9.50 Å². The van der Waals surface area contributed by atoms with Gasteiger partial charge in [0.2, 0.25) is 6.79 Å². The molecule has 21 heavy (non-hydrogen) atoms. The van der Waals surface area contributed by atoms with Gasteiger partial charge in [0.1, 0.15) is 0 Å². The van der Waals surface area contributed by atoms with Gasteiger partial charge in [-0.15, -0.1) is 5.10 Å². The van der Waals surface area contributed by atoms with Crippen LogP contribution in [0.1, 0.15) is 25.6 Å². The normalized spacial score (nSPS) is 13.3. The smallest absolute Gasteiger partial charge is 0.252 e. The molecular weight excluding hydrogens is 268 g/mol. The van der Waals surface area contributed by atoms with Crippen molar-refractivity contribution in [1.29, 1.82) is 0 Å². The highest BCUT2D eigenvalue weighted by Crippen LogP contribution is 2.35. The Morgan fingerprint density at radius 2 is 2.00 bits per heavy atom. The van der Waals surface area contributed by atoms with Crippen LogP contribution >= 0.6 is 0 Å². The molecule has 6 heteroatoms. The highest BCUT2D eigenvalue weighted by atomic mass is 16.7. The Bertz CT molecular complexity index is 826. The van der Waals surface area contributed by atoms with E-state index in [2.05, 4.69) is 28.9 Å². The molecule has 0 atom stereocenters. The van der Waals surface area contributed by atoms with Gasteiger partial charge >= 0.3 is 0 Å². The number of fused-ring (bicyclic) bond motifs is 2. The van der Waals surface area contributed by atoms with Gasteiger partial charge in [-0.25, -0.2) is 4.98 Å². The third-order valence-electron chi connectivity index (χ3n) is 3.44. The molecule has 1 aliphatic rings. The van der Waals surface area contributed by atoms with Gasteiger partial charge in [0, 0.05) is 17.7 Å². The van der Waals surface area contributed by atoms with Crippen LogP contribution in [0.3, 0.4) is 0 Å². The molecule has 0 unspecified atom stereocenters. The minimum atomic E-state index is 0.260. The fourth-order valence-corrected chi connectivity index (χ4v) is 2.33. The lowest BCUT2D eigenvalue weighted by atomic mass is 10.1. The maximum atomic E-state index is 5.43. The van der Waals surface area contributed by atoms with Gasteiger partial charge in [-0.1, -0.05) is 13.8 Å². The van der Waals surface area contributed by atoms with E-state index in [1.165, 1.54) is 0 Å². The molecule has 0 fully saturated rings. The monoisotopic (exact) mass is 282 g/mol. The van der Waals surface area contributed by atoms with E-state index in [0.29, 0.717) is 5.78 Å². The molecule has 0 N–H and O–H groups in total. The summed E-state index contributed by atoms with van der Waals surface area (Å²) in [6.07, 6.45) is 1.74. The van der Waals surface area contributed by atoms with Crippen LogP contribution in [-0.2, 0) is 0 Å². The summed E-state index contributed by atoms with van der Waals surface area (Å²) in [5, 5.41) is 4.55. The Kier molecular flexibility index (Phi) is 2.57. The predicted octanol–water partition coefficient (Wildman–Crippen LogP) is 2.64. The molecule has 2 aromatic heterocycles. The van der Waals surface area contributed by atoms with Crippen LogP contribution in [0.15, 0.2) is 30.5 Å². The average molecular weight is 282 g/mol. The third-order valence-corrected chi connectivity index (χ3v) is 3.44. The van der Waals surface area contributed by atoms with Crippen molar-refractivity contribution in [3.8, 4) is 22.8 Å². The lowest BCUT2D eigenvalue weighted by molar-refractivity contribution is 0.174. The van der Waals surface area contributed by atoms with Crippen molar-refractivity contribution in [2.24, 2.45) is 0 Å². The van der Waals surface area contributed by atoms with Gasteiger partial charge in [-0.05, 0) is 24.3 Å². The van der Waals surface area contributed by atoms with Crippen LogP contribution in [0.4, 0.5) is 0 Å². The summed E-state index contributed by atoms with van der Waals surface area (Å²) in [5.74, 6) is 3.17. The Hall–Kier alpha value is -2.63. The van der Waals surface area contributed by atoms with E-state index in [9.17, 15) is 0 Å². The fourth-order valence-electron chi connectivity index (χ4n) is 2.33. The van der Waals surface area contributed by atoms with Gasteiger partial charge in [0.05, 0.1) is 5.69 Å². The Morgan fingerprint density at radius 1 is 1.14 bits per heavy atom. The first-order valence-corrected chi connectivity index (χ1v) is 6.84. The van der Waals surface area contributed by atoms with Crippen molar-refractivity contribution in [2.75, 3.05) is 6.79 Å². The van der Waals surface area contributed by atoms with Gasteiger partial charge in [0.15, 0.2) is 17.3 Å². The lowest BCUT2D eigenvalue weighted by Gasteiger charge is -2.04. The molecule has 0 amide bonds. The van der Waals surface area contributed by atoms with Crippen molar-refractivity contribution in [3.05, 3.63) is 36.3 Å². The zero-order valence-corrected chi connectivity index (χ0v) is 11.8. The Labute approximate surface area is 121 Å². The SMILES string of the molecule is CC(C)c1nc2nccc(-c3ccc4c(c3)OCO4)n2n1. The summed E-state index contributed by atoms with van der Waals surface area (Å²) < 4.78 is 12.5. The molecule has 4 rings (SSSR count). The average Bonchev–Trinajstić information content (AvgIpc) is 3.12. The zero-order chi connectivity index (χ0) is 14.4. The molecule has 0 saturated carbocycles. The minimum absolute atomic E-state index is 0.260. The van der Waals surface area contributed by atoms with E-state index >= 15 is 0 Å². The van der Waals surface area contributed by atoms with E-state index in [1.807, 2.05) is 24.3 Å². The second-order valence-electron chi connectivity index (χ2n) is 5.23. The van der Waals surface area contributed by atoms with Crippen LogP contribution in [0.2, 0.25) is 0 Å². The second kappa shape index (κ2) is 4.44. The highest BCUT2D eigenvalue weighted by Gasteiger charge is 2.16. The summed E-state index contributed by atoms with van der Waals surface area (Å²) in [5.41, 5.74) is 1.92. The largest absolute Gasteiger partial charge is 0.454 e. The second-order valence-corrected chi connectivity index (χ2v) is 5.23. The fraction of sp³-hybridized carbons (Fsp3) is 0.267. The standard InChI is InChI=1S/C15H14N4O2/c1-9(2)14-17-15-16-6-5-11(19(15)18-14)10-3-4-12-13(7-10)21-8-20-12/h3-7,9H,8H2,1-2H3. The van der Waals surface area contributed by atoms with Gasteiger partial charge < -0.3 is 9.47 Å². The molecule has 0 saturated heterocycles. The van der Waals surface area contributed by atoms with Gasteiger partial charge in [0.25, 0.3) is 5.78 Å². The maximum absolute atomic E-state index is 5.43. The van der Waals surface area contributed by atoms with Crippen molar-refractivity contribution >= 4 is 5.78 Å². The topological polar surface area (TPSA) is 61.5 Å². The molecule has 106 valence electrons. The Balaban J connectivity index is 1.89. The molecule has 3 heterocycles. The number of benzene rings is 1. The molecule has 3 aromatic rings. The zero-order valence-electron chi connectivity index (χ0n) is 11.8. The molecule has 0 spiro atoms. The van der Waals surface area contributed by atoms with Crippen molar-refractivity contribution in [3.63, 3.8) is 0 Å². The first kappa shape index (κ1) is 12.1. The maximum Gasteiger partial charge on any atom is 0.252 e. The third kappa shape index (κ3) is 1.91. The number of nitrogens with zero attached hydrogens (tertiary/aromatic N) is 4. The van der Waals surface area contributed by atoms with E-state index < -0.39 is 0 Å². The van der Waals surface area contributed by atoms with Crippen molar-refractivity contribution in [1.82, 2.24) is 19.6 Å². The van der Waals surface area contributed by atoms with E-state index in [4.69, 9.17) is 9.47 Å². The lowest BCUT2D eigenvalue weighted by Crippen LogP contribution is -1.97. The quantitative estimate of drug-likeness (QED) is 0.723. The highest BCUT2D eigenvalue weighted by molar-refractivity contribution is 5.65. The Morgan fingerprint density at radius 3 is 2.86 bits per heavy atom. The molecule has 0 aliphatic carbocycles. The molecule has 6 nitrogen and oxygen atoms in total. The first-order chi connectivity index (χ1) is 10.2. The number of aromatic nitrogens is 4. The minimum Gasteiger partial charge on any atom is -0.454 e. The van der Waals surface area contributed by atoms with E-state index in [1.54, 1.807) is 10.7 Å². The number of hydrogen-bond donors (Lipinski definition) is 0.